The van der Waals surface area contributed by atoms with Crippen LogP contribution < -0.4 is 0 Å². The van der Waals surface area contributed by atoms with E-state index in [4.69, 9.17) is 0 Å². The molecule has 0 bridgehead atoms. The molecule has 1 unspecified atom stereocenters. The highest BCUT2D eigenvalue weighted by Crippen LogP contribution is 2.11. The molecule has 0 amide bonds. The van der Waals surface area contributed by atoms with Crippen LogP contribution in [0.3, 0.4) is 0 Å². The topological polar surface area (TPSA) is 23.5 Å². The lowest BCUT2D eigenvalue weighted by Crippen LogP contribution is -2.32. The maximum atomic E-state index is 12.8. The highest BCUT2D eigenvalue weighted by Gasteiger charge is 2.14. The van der Waals surface area contributed by atoms with Crippen molar-refractivity contribution in [1.29, 1.82) is 0 Å². The number of hydrogen-bond acceptors (Lipinski definition) is 2. The second-order valence-corrected chi connectivity index (χ2v) is 5.33. The predicted octanol–water partition coefficient (Wildman–Crippen LogP) is 2.56. The third-order valence-corrected chi connectivity index (χ3v) is 3.42. The van der Waals surface area contributed by atoms with Gasteiger partial charge in [0.2, 0.25) is 0 Å². The largest absolute Gasteiger partial charge is 0.396 e. The Morgan fingerprint density at radius 3 is 2.33 bits per heavy atom. The molecule has 102 valence electrons. The van der Waals surface area contributed by atoms with Gasteiger partial charge in [-0.05, 0) is 43.0 Å². The van der Waals surface area contributed by atoms with Gasteiger partial charge in [0.1, 0.15) is 5.82 Å². The van der Waals surface area contributed by atoms with Gasteiger partial charge in [0, 0.05) is 19.7 Å². The van der Waals surface area contributed by atoms with Crippen LogP contribution in [0.25, 0.3) is 0 Å². The van der Waals surface area contributed by atoms with Gasteiger partial charge in [-0.15, -0.1) is 0 Å². The zero-order valence-corrected chi connectivity index (χ0v) is 11.6. The summed E-state index contributed by atoms with van der Waals surface area (Å²) in [7, 11) is 2.06. The lowest BCUT2D eigenvalue weighted by atomic mass is 9.96. The molecular weight excluding hydrogens is 229 g/mol. The molecule has 1 aromatic rings. The van der Waals surface area contributed by atoms with E-state index in [0.717, 1.165) is 25.1 Å². The fourth-order valence-corrected chi connectivity index (χ4v) is 1.94. The maximum Gasteiger partial charge on any atom is 0.123 e. The van der Waals surface area contributed by atoms with Gasteiger partial charge in [0.15, 0.2) is 0 Å². The lowest BCUT2D eigenvalue weighted by Gasteiger charge is -2.25. The van der Waals surface area contributed by atoms with Gasteiger partial charge >= 0.3 is 0 Å². The normalized spacial score (nSPS) is 13.3. The molecular formula is C15H24FNO. The van der Waals surface area contributed by atoms with E-state index in [1.54, 1.807) is 0 Å². The Morgan fingerprint density at radius 2 is 1.83 bits per heavy atom. The summed E-state index contributed by atoms with van der Waals surface area (Å²) < 4.78 is 12.8. The van der Waals surface area contributed by atoms with E-state index in [-0.39, 0.29) is 12.4 Å². The van der Waals surface area contributed by atoms with E-state index in [0.29, 0.717) is 11.8 Å². The zero-order valence-electron chi connectivity index (χ0n) is 11.6. The fraction of sp³-hybridized carbons (Fsp3) is 0.600. The van der Waals surface area contributed by atoms with E-state index >= 15 is 0 Å². The van der Waals surface area contributed by atoms with Crippen molar-refractivity contribution in [3.8, 4) is 0 Å². The van der Waals surface area contributed by atoms with E-state index in [2.05, 4.69) is 25.8 Å². The summed E-state index contributed by atoms with van der Waals surface area (Å²) >= 11 is 0. The van der Waals surface area contributed by atoms with Crippen molar-refractivity contribution < 1.29 is 9.50 Å². The van der Waals surface area contributed by atoms with E-state index in [9.17, 15) is 9.50 Å². The molecule has 0 saturated carbocycles. The minimum absolute atomic E-state index is 0.188. The van der Waals surface area contributed by atoms with E-state index in [1.807, 2.05) is 12.1 Å². The Labute approximate surface area is 109 Å². The minimum atomic E-state index is -0.188. The predicted molar refractivity (Wildman–Crippen MR) is 73.0 cm³/mol. The van der Waals surface area contributed by atoms with Gasteiger partial charge < -0.3 is 10.0 Å². The molecule has 0 fully saturated rings. The molecule has 0 saturated heterocycles. The average Bonchev–Trinajstić information content (AvgIpc) is 2.35. The highest BCUT2D eigenvalue weighted by molar-refractivity contribution is 5.16. The molecule has 0 heterocycles. The Hall–Kier alpha value is -0.930. The highest BCUT2D eigenvalue weighted by atomic mass is 19.1. The maximum absolute atomic E-state index is 12.8. The van der Waals surface area contributed by atoms with Crippen molar-refractivity contribution in [2.75, 3.05) is 26.7 Å². The molecule has 1 N–H and O–H groups in total. The van der Waals surface area contributed by atoms with Gasteiger partial charge in [-0.3, -0.25) is 0 Å². The molecule has 0 radical (unpaired) electrons. The first-order chi connectivity index (χ1) is 8.52. The number of likely N-dealkylation sites (N-methyl/N-ethyl adjacent to an activating group) is 1. The zero-order chi connectivity index (χ0) is 13.5. The summed E-state index contributed by atoms with van der Waals surface area (Å²) in [6.45, 7) is 6.33. The van der Waals surface area contributed by atoms with Crippen molar-refractivity contribution in [2.24, 2.45) is 11.8 Å². The van der Waals surface area contributed by atoms with Gasteiger partial charge in [-0.25, -0.2) is 4.39 Å². The number of rotatable bonds is 7. The Balaban J connectivity index is 2.36. The molecule has 1 atom stereocenters. The SMILES string of the molecule is CC(C)C(CO)CN(C)CCc1ccc(F)cc1. The average molecular weight is 253 g/mol. The van der Waals surface area contributed by atoms with Crippen molar-refractivity contribution in [2.45, 2.75) is 20.3 Å². The van der Waals surface area contributed by atoms with Crippen LogP contribution in [0.2, 0.25) is 0 Å². The Morgan fingerprint density at radius 1 is 1.22 bits per heavy atom. The first-order valence-corrected chi connectivity index (χ1v) is 6.56. The molecule has 1 rings (SSSR count). The number of halogens is 1. The fourth-order valence-electron chi connectivity index (χ4n) is 1.94. The summed E-state index contributed by atoms with van der Waals surface area (Å²) in [6, 6.07) is 6.66. The molecule has 3 heteroatoms. The third kappa shape index (κ3) is 5.15. The first kappa shape index (κ1) is 15.1. The Bertz CT molecular complexity index is 337. The van der Waals surface area contributed by atoms with Crippen LogP contribution in [0.4, 0.5) is 4.39 Å². The molecule has 18 heavy (non-hydrogen) atoms. The van der Waals surface area contributed by atoms with Crippen molar-refractivity contribution in [1.82, 2.24) is 4.90 Å². The number of hydrogen-bond donors (Lipinski definition) is 1. The number of aliphatic hydroxyl groups is 1. The molecule has 0 spiro atoms. The monoisotopic (exact) mass is 253 g/mol. The molecule has 0 aromatic heterocycles. The molecule has 2 nitrogen and oxygen atoms in total. The lowest BCUT2D eigenvalue weighted by molar-refractivity contribution is 0.147. The second-order valence-electron chi connectivity index (χ2n) is 5.33. The van der Waals surface area contributed by atoms with Gasteiger partial charge in [0.25, 0.3) is 0 Å². The van der Waals surface area contributed by atoms with Crippen molar-refractivity contribution in [3.05, 3.63) is 35.6 Å². The minimum Gasteiger partial charge on any atom is -0.396 e. The molecule has 0 aliphatic carbocycles. The molecule has 1 aromatic carbocycles. The van der Waals surface area contributed by atoms with E-state index in [1.165, 1.54) is 12.1 Å². The molecule has 0 aliphatic heterocycles. The third-order valence-electron chi connectivity index (χ3n) is 3.42. The van der Waals surface area contributed by atoms with Crippen LogP contribution in [0.1, 0.15) is 19.4 Å². The Kier molecular flexibility index (Phi) is 6.30. The summed E-state index contributed by atoms with van der Waals surface area (Å²) in [5, 5.41) is 9.29. The summed E-state index contributed by atoms with van der Waals surface area (Å²) in [5.41, 5.74) is 1.15. The van der Waals surface area contributed by atoms with Crippen LogP contribution in [-0.4, -0.2) is 36.8 Å². The van der Waals surface area contributed by atoms with Crippen molar-refractivity contribution in [3.63, 3.8) is 0 Å². The molecule has 0 aliphatic rings. The number of aliphatic hydroxyl groups excluding tert-OH is 1. The number of benzene rings is 1. The van der Waals surface area contributed by atoms with Gasteiger partial charge in [0.05, 0.1) is 0 Å². The standard InChI is InChI=1S/C15H24FNO/c1-12(2)14(11-18)10-17(3)9-8-13-4-6-15(16)7-5-13/h4-7,12,14,18H,8-11H2,1-3H3. The van der Waals surface area contributed by atoms with Crippen molar-refractivity contribution >= 4 is 0 Å². The summed E-state index contributed by atoms with van der Waals surface area (Å²) in [4.78, 5) is 2.23. The van der Waals surface area contributed by atoms with Crippen LogP contribution in [0.15, 0.2) is 24.3 Å². The summed E-state index contributed by atoms with van der Waals surface area (Å²) in [6.07, 6.45) is 0.910. The van der Waals surface area contributed by atoms with Crippen LogP contribution >= 0.6 is 0 Å². The summed E-state index contributed by atoms with van der Waals surface area (Å²) in [5.74, 6) is 0.624. The van der Waals surface area contributed by atoms with Crippen LogP contribution in [-0.2, 0) is 6.42 Å². The smallest absolute Gasteiger partial charge is 0.123 e. The number of nitrogens with zero attached hydrogens (tertiary/aromatic N) is 1. The van der Waals surface area contributed by atoms with E-state index < -0.39 is 0 Å². The quantitative estimate of drug-likeness (QED) is 0.807. The van der Waals surface area contributed by atoms with Gasteiger partial charge in [-0.2, -0.15) is 0 Å². The van der Waals surface area contributed by atoms with Crippen LogP contribution in [0, 0.1) is 17.7 Å². The van der Waals surface area contributed by atoms with Crippen LogP contribution in [0.5, 0.6) is 0 Å². The second kappa shape index (κ2) is 7.49. The van der Waals surface area contributed by atoms with Gasteiger partial charge in [-0.1, -0.05) is 26.0 Å². The first-order valence-electron chi connectivity index (χ1n) is 6.56.